The van der Waals surface area contributed by atoms with Gasteiger partial charge in [-0.25, -0.2) is 4.98 Å². The summed E-state index contributed by atoms with van der Waals surface area (Å²) in [6.07, 6.45) is 2.59. The average Bonchev–Trinajstić information content (AvgIpc) is 3.23. The highest BCUT2D eigenvalue weighted by Crippen LogP contribution is 2.24. The molecule has 2 aromatic carbocycles. The number of hydrogen-bond acceptors (Lipinski definition) is 5. The van der Waals surface area contributed by atoms with Crippen molar-refractivity contribution in [3.05, 3.63) is 48.0 Å². The van der Waals surface area contributed by atoms with Crippen LogP contribution in [0.3, 0.4) is 0 Å². The van der Waals surface area contributed by atoms with E-state index in [2.05, 4.69) is 20.2 Å². The summed E-state index contributed by atoms with van der Waals surface area (Å²) >= 11 is 0. The number of imidazole rings is 1. The Morgan fingerprint density at radius 2 is 1.97 bits per heavy atom. The number of fused-ring (bicyclic) bond motifs is 1. The second kappa shape index (κ2) is 9.07. The molecular weight excluding hydrogens is 380 g/mol. The summed E-state index contributed by atoms with van der Waals surface area (Å²) < 4.78 is 10.6. The highest BCUT2D eigenvalue weighted by Gasteiger charge is 2.27. The molecule has 0 radical (unpaired) electrons. The summed E-state index contributed by atoms with van der Waals surface area (Å²) in [7, 11) is 3.27. The van der Waals surface area contributed by atoms with Crippen LogP contribution in [0, 0.1) is 5.92 Å². The third-order valence-electron chi connectivity index (χ3n) is 5.59. The standard InChI is InChI=1S/C23H28N4O3/c1-29-18-12-16(13-19(14-18)30-2)9-10-24-22(28)17-6-5-11-27(15-17)23-25-20-7-3-4-8-21(20)26-23/h3-4,7-8,12-14,17H,5-6,9-11,15H2,1-2H3,(H,24,28)(H,25,26). The van der Waals surface area contributed by atoms with Gasteiger partial charge in [-0.2, -0.15) is 0 Å². The van der Waals surface area contributed by atoms with Gasteiger partial charge >= 0.3 is 0 Å². The molecule has 1 fully saturated rings. The molecule has 4 rings (SSSR count). The molecule has 2 N–H and O–H groups in total. The zero-order chi connectivity index (χ0) is 20.9. The normalized spacial score (nSPS) is 16.5. The minimum absolute atomic E-state index is 0.0354. The number of amides is 1. The molecule has 7 nitrogen and oxygen atoms in total. The van der Waals surface area contributed by atoms with Crippen LogP contribution in [0.15, 0.2) is 42.5 Å². The Hall–Kier alpha value is -3.22. The topological polar surface area (TPSA) is 79.5 Å². The molecule has 1 atom stereocenters. The lowest BCUT2D eigenvalue weighted by atomic mass is 9.97. The Labute approximate surface area is 176 Å². The number of rotatable bonds is 7. The van der Waals surface area contributed by atoms with Gasteiger partial charge in [0.05, 0.1) is 31.2 Å². The number of piperidine rings is 1. The second-order valence-corrected chi connectivity index (χ2v) is 7.62. The molecular formula is C23H28N4O3. The predicted octanol–water partition coefficient (Wildman–Crippen LogP) is 3.16. The number of carbonyl (C=O) groups excluding carboxylic acids is 1. The molecule has 3 aromatic rings. The molecule has 0 aliphatic carbocycles. The van der Waals surface area contributed by atoms with Gasteiger partial charge in [-0.3, -0.25) is 4.79 Å². The number of carbonyl (C=O) groups is 1. The van der Waals surface area contributed by atoms with Gasteiger partial charge < -0.3 is 24.7 Å². The summed E-state index contributed by atoms with van der Waals surface area (Å²) in [6.45, 7) is 2.17. The van der Waals surface area contributed by atoms with Gasteiger partial charge in [0.1, 0.15) is 11.5 Å². The van der Waals surface area contributed by atoms with Crippen LogP contribution in [0.5, 0.6) is 11.5 Å². The van der Waals surface area contributed by atoms with Crippen molar-refractivity contribution in [1.29, 1.82) is 0 Å². The molecule has 30 heavy (non-hydrogen) atoms. The fraction of sp³-hybridized carbons (Fsp3) is 0.391. The lowest BCUT2D eigenvalue weighted by molar-refractivity contribution is -0.125. The van der Waals surface area contributed by atoms with Gasteiger partial charge in [-0.15, -0.1) is 0 Å². The first-order chi connectivity index (χ1) is 14.7. The van der Waals surface area contributed by atoms with Crippen LogP contribution < -0.4 is 19.7 Å². The van der Waals surface area contributed by atoms with Crippen molar-refractivity contribution in [3.8, 4) is 11.5 Å². The van der Waals surface area contributed by atoms with Crippen LogP contribution in [-0.2, 0) is 11.2 Å². The molecule has 158 valence electrons. The summed E-state index contributed by atoms with van der Waals surface area (Å²) in [4.78, 5) is 23.0. The van der Waals surface area contributed by atoms with Crippen molar-refractivity contribution in [2.45, 2.75) is 19.3 Å². The Bertz CT molecular complexity index is 961. The maximum absolute atomic E-state index is 12.8. The van der Waals surface area contributed by atoms with Gasteiger partial charge in [-0.1, -0.05) is 12.1 Å². The van der Waals surface area contributed by atoms with Gasteiger partial charge in [0.15, 0.2) is 0 Å². The van der Waals surface area contributed by atoms with Crippen molar-refractivity contribution < 1.29 is 14.3 Å². The maximum Gasteiger partial charge on any atom is 0.224 e. The van der Waals surface area contributed by atoms with E-state index in [1.807, 2.05) is 42.5 Å². The molecule has 1 aliphatic rings. The van der Waals surface area contributed by atoms with Gasteiger partial charge in [0.2, 0.25) is 11.9 Å². The molecule has 1 unspecified atom stereocenters. The molecule has 1 saturated heterocycles. The van der Waals surface area contributed by atoms with Crippen LogP contribution in [0.1, 0.15) is 18.4 Å². The van der Waals surface area contributed by atoms with Crippen LogP contribution in [0.2, 0.25) is 0 Å². The average molecular weight is 409 g/mol. The molecule has 0 spiro atoms. The van der Waals surface area contributed by atoms with Crippen molar-refractivity contribution in [2.24, 2.45) is 5.92 Å². The van der Waals surface area contributed by atoms with Crippen molar-refractivity contribution >= 4 is 22.9 Å². The highest BCUT2D eigenvalue weighted by atomic mass is 16.5. The van der Waals surface area contributed by atoms with Crippen LogP contribution in [0.4, 0.5) is 5.95 Å². The number of para-hydroxylation sites is 2. The van der Waals surface area contributed by atoms with Crippen molar-refractivity contribution in [3.63, 3.8) is 0 Å². The Balaban J connectivity index is 1.33. The van der Waals surface area contributed by atoms with Crippen molar-refractivity contribution in [2.75, 3.05) is 38.8 Å². The zero-order valence-corrected chi connectivity index (χ0v) is 17.5. The number of ether oxygens (including phenoxy) is 2. The minimum Gasteiger partial charge on any atom is -0.497 e. The van der Waals surface area contributed by atoms with E-state index in [1.54, 1.807) is 14.2 Å². The van der Waals surface area contributed by atoms with E-state index in [-0.39, 0.29) is 11.8 Å². The summed E-state index contributed by atoms with van der Waals surface area (Å²) in [5, 5.41) is 3.10. The Morgan fingerprint density at radius 3 is 2.70 bits per heavy atom. The molecule has 2 heterocycles. The number of anilines is 1. The number of aromatic nitrogens is 2. The highest BCUT2D eigenvalue weighted by molar-refractivity contribution is 5.80. The fourth-order valence-electron chi connectivity index (χ4n) is 3.96. The smallest absolute Gasteiger partial charge is 0.224 e. The number of benzene rings is 2. The summed E-state index contributed by atoms with van der Waals surface area (Å²) in [5.74, 6) is 2.42. The first-order valence-corrected chi connectivity index (χ1v) is 10.4. The van der Waals surface area contributed by atoms with E-state index in [4.69, 9.17) is 9.47 Å². The number of hydrogen-bond donors (Lipinski definition) is 2. The molecule has 1 aromatic heterocycles. The van der Waals surface area contributed by atoms with E-state index in [0.29, 0.717) is 13.1 Å². The first-order valence-electron chi connectivity index (χ1n) is 10.4. The number of aromatic amines is 1. The third kappa shape index (κ3) is 4.50. The number of H-pyrrole nitrogens is 1. The van der Waals surface area contributed by atoms with E-state index in [1.165, 1.54) is 0 Å². The second-order valence-electron chi connectivity index (χ2n) is 7.62. The SMILES string of the molecule is COc1cc(CCNC(=O)C2CCCN(c3nc4ccccc4[nH]3)C2)cc(OC)c1. The lowest BCUT2D eigenvalue weighted by Gasteiger charge is -2.31. The van der Waals surface area contributed by atoms with E-state index in [0.717, 1.165) is 59.9 Å². The predicted molar refractivity (Wildman–Crippen MR) is 117 cm³/mol. The fourth-order valence-corrected chi connectivity index (χ4v) is 3.96. The van der Waals surface area contributed by atoms with E-state index in [9.17, 15) is 4.79 Å². The molecule has 1 amide bonds. The van der Waals surface area contributed by atoms with Crippen molar-refractivity contribution in [1.82, 2.24) is 15.3 Å². The van der Waals surface area contributed by atoms with Gasteiger partial charge in [0.25, 0.3) is 0 Å². The number of methoxy groups -OCH3 is 2. The number of nitrogens with one attached hydrogen (secondary N) is 2. The molecule has 7 heteroatoms. The summed E-state index contributed by atoms with van der Waals surface area (Å²) in [5.41, 5.74) is 3.04. The lowest BCUT2D eigenvalue weighted by Crippen LogP contribution is -2.43. The quantitative estimate of drug-likeness (QED) is 0.628. The minimum atomic E-state index is -0.0354. The van der Waals surface area contributed by atoms with E-state index < -0.39 is 0 Å². The third-order valence-corrected chi connectivity index (χ3v) is 5.59. The van der Waals surface area contributed by atoms with Crippen LogP contribution >= 0.6 is 0 Å². The zero-order valence-electron chi connectivity index (χ0n) is 17.5. The van der Waals surface area contributed by atoms with Crippen LogP contribution in [0.25, 0.3) is 11.0 Å². The molecule has 0 bridgehead atoms. The van der Waals surface area contributed by atoms with E-state index >= 15 is 0 Å². The molecule has 0 saturated carbocycles. The maximum atomic E-state index is 12.8. The Morgan fingerprint density at radius 1 is 1.20 bits per heavy atom. The molecule has 1 aliphatic heterocycles. The largest absolute Gasteiger partial charge is 0.497 e. The summed E-state index contributed by atoms with van der Waals surface area (Å²) in [6, 6.07) is 13.8. The number of nitrogens with zero attached hydrogens (tertiary/aromatic N) is 2. The first kappa shape index (κ1) is 20.1. The Kier molecular flexibility index (Phi) is 6.07. The monoisotopic (exact) mass is 408 g/mol. The van der Waals surface area contributed by atoms with Gasteiger partial charge in [-0.05, 0) is 49.1 Å². The van der Waals surface area contributed by atoms with Crippen LogP contribution in [-0.4, -0.2) is 49.7 Å². The van der Waals surface area contributed by atoms with Gasteiger partial charge in [0, 0.05) is 25.7 Å².